The molecule has 1 N–H and O–H groups in total. The first kappa shape index (κ1) is 19.4. The molecule has 0 spiro atoms. The van der Waals surface area contributed by atoms with Crippen molar-refractivity contribution in [2.24, 2.45) is 0 Å². The van der Waals surface area contributed by atoms with E-state index in [9.17, 15) is 14.0 Å². The molecule has 0 amide bonds. The predicted molar refractivity (Wildman–Crippen MR) is 101 cm³/mol. The van der Waals surface area contributed by atoms with Crippen LogP contribution in [0, 0.1) is 5.82 Å². The fourth-order valence-electron chi connectivity index (χ4n) is 3.08. The van der Waals surface area contributed by atoms with Crippen LogP contribution in [0.1, 0.15) is 29.9 Å². The maximum Gasteiger partial charge on any atom is 0.341 e. The lowest BCUT2D eigenvalue weighted by Crippen LogP contribution is -2.13. The standard InChI is InChI=1S/C20H15Cl2FO4/c21-19-16(5-6-17(20(19)22)27-10-18(25)26)13-7-12(8-15(24)9-13)11-1-3-14(23)4-2-11/h1-6,9,12H,7-8,10H2,(H,25,26). The normalized spacial score (nSPS) is 16.8. The van der Waals surface area contributed by atoms with Crippen LogP contribution in [-0.2, 0) is 9.59 Å². The minimum absolute atomic E-state index is 0.0519. The average Bonchev–Trinajstić information content (AvgIpc) is 2.63. The van der Waals surface area contributed by atoms with E-state index < -0.39 is 12.6 Å². The van der Waals surface area contributed by atoms with Gasteiger partial charge in [-0.1, -0.05) is 35.3 Å². The summed E-state index contributed by atoms with van der Waals surface area (Å²) in [5.74, 6) is -1.44. The van der Waals surface area contributed by atoms with Crippen molar-refractivity contribution in [2.45, 2.75) is 18.8 Å². The zero-order valence-electron chi connectivity index (χ0n) is 14.0. The number of rotatable bonds is 5. The summed E-state index contributed by atoms with van der Waals surface area (Å²) in [7, 11) is 0. The molecule has 0 aliphatic heterocycles. The Hall–Kier alpha value is -2.37. The predicted octanol–water partition coefficient (Wildman–Crippen LogP) is 5.13. The van der Waals surface area contributed by atoms with Crippen LogP contribution >= 0.6 is 23.2 Å². The molecule has 0 fully saturated rings. The molecular formula is C20H15Cl2FO4. The monoisotopic (exact) mass is 408 g/mol. The molecule has 0 bridgehead atoms. The quantitative estimate of drug-likeness (QED) is 0.744. The van der Waals surface area contributed by atoms with Crippen LogP contribution in [0.2, 0.25) is 10.0 Å². The molecule has 7 heteroatoms. The van der Waals surface area contributed by atoms with Crippen molar-refractivity contribution in [3.63, 3.8) is 0 Å². The van der Waals surface area contributed by atoms with Crippen LogP contribution in [0.3, 0.4) is 0 Å². The van der Waals surface area contributed by atoms with Gasteiger partial charge in [-0.15, -0.1) is 0 Å². The summed E-state index contributed by atoms with van der Waals surface area (Å²) in [4.78, 5) is 22.9. The number of carbonyl (C=O) groups is 2. The molecule has 27 heavy (non-hydrogen) atoms. The van der Waals surface area contributed by atoms with Gasteiger partial charge in [0.05, 0.1) is 5.02 Å². The Balaban J connectivity index is 1.88. The molecule has 2 aromatic carbocycles. The van der Waals surface area contributed by atoms with Crippen molar-refractivity contribution >= 4 is 40.5 Å². The van der Waals surface area contributed by atoms with Crippen molar-refractivity contribution < 1.29 is 23.8 Å². The van der Waals surface area contributed by atoms with Gasteiger partial charge in [-0.05, 0) is 59.4 Å². The molecule has 2 aromatic rings. The summed E-state index contributed by atoms with van der Waals surface area (Å²) in [6.45, 7) is -0.538. The van der Waals surface area contributed by atoms with E-state index in [0.717, 1.165) is 11.1 Å². The van der Waals surface area contributed by atoms with Gasteiger partial charge in [-0.3, -0.25) is 4.79 Å². The number of hydrogen-bond acceptors (Lipinski definition) is 3. The van der Waals surface area contributed by atoms with Crippen molar-refractivity contribution in [1.82, 2.24) is 0 Å². The highest BCUT2D eigenvalue weighted by molar-refractivity contribution is 6.44. The molecule has 1 atom stereocenters. The van der Waals surface area contributed by atoms with Gasteiger partial charge in [0.15, 0.2) is 12.4 Å². The van der Waals surface area contributed by atoms with Crippen molar-refractivity contribution in [3.05, 3.63) is 69.5 Å². The summed E-state index contributed by atoms with van der Waals surface area (Å²) < 4.78 is 18.3. The number of aliphatic carboxylic acids is 1. The smallest absolute Gasteiger partial charge is 0.341 e. The highest BCUT2D eigenvalue weighted by atomic mass is 35.5. The SMILES string of the molecule is O=C(O)COc1ccc(C2=CC(=O)CC(c3ccc(F)cc3)C2)c(Cl)c1Cl. The van der Waals surface area contributed by atoms with Crippen LogP contribution in [0.25, 0.3) is 5.57 Å². The lowest BCUT2D eigenvalue weighted by molar-refractivity contribution is -0.139. The lowest BCUT2D eigenvalue weighted by Gasteiger charge is -2.23. The van der Waals surface area contributed by atoms with Crippen molar-refractivity contribution in [3.8, 4) is 5.75 Å². The first-order chi connectivity index (χ1) is 12.8. The van der Waals surface area contributed by atoms with E-state index in [4.69, 9.17) is 33.0 Å². The highest BCUT2D eigenvalue weighted by Crippen LogP contribution is 2.42. The van der Waals surface area contributed by atoms with E-state index in [0.29, 0.717) is 18.4 Å². The second-order valence-electron chi connectivity index (χ2n) is 6.21. The van der Waals surface area contributed by atoms with Crippen LogP contribution in [0.4, 0.5) is 4.39 Å². The molecule has 0 saturated carbocycles. The molecule has 4 nitrogen and oxygen atoms in total. The maximum absolute atomic E-state index is 13.2. The van der Waals surface area contributed by atoms with Gasteiger partial charge < -0.3 is 9.84 Å². The minimum Gasteiger partial charge on any atom is -0.480 e. The van der Waals surface area contributed by atoms with E-state index in [1.54, 1.807) is 18.2 Å². The summed E-state index contributed by atoms with van der Waals surface area (Å²) in [5, 5.41) is 8.99. The number of carboxylic acid groups (broad SMARTS) is 1. The number of carbonyl (C=O) groups excluding carboxylic acids is 1. The van der Waals surface area contributed by atoms with Gasteiger partial charge in [0.25, 0.3) is 0 Å². The Morgan fingerprint density at radius 2 is 1.81 bits per heavy atom. The van der Waals surface area contributed by atoms with Gasteiger partial charge in [-0.25, -0.2) is 9.18 Å². The van der Waals surface area contributed by atoms with Gasteiger partial charge in [0.1, 0.15) is 16.6 Å². The van der Waals surface area contributed by atoms with E-state index in [1.165, 1.54) is 24.3 Å². The largest absolute Gasteiger partial charge is 0.480 e. The summed E-state index contributed by atoms with van der Waals surface area (Å²) in [5.41, 5.74) is 2.18. The molecule has 1 aliphatic rings. The van der Waals surface area contributed by atoms with Gasteiger partial charge in [0, 0.05) is 6.42 Å². The third-order valence-corrected chi connectivity index (χ3v) is 5.20. The van der Waals surface area contributed by atoms with E-state index >= 15 is 0 Å². The van der Waals surface area contributed by atoms with E-state index in [1.807, 2.05) is 0 Å². The molecule has 140 valence electrons. The second-order valence-corrected chi connectivity index (χ2v) is 6.97. The first-order valence-corrected chi connectivity index (χ1v) is 8.92. The van der Waals surface area contributed by atoms with Gasteiger partial charge in [0.2, 0.25) is 0 Å². The fraction of sp³-hybridized carbons (Fsp3) is 0.200. The van der Waals surface area contributed by atoms with Crippen molar-refractivity contribution in [1.29, 1.82) is 0 Å². The van der Waals surface area contributed by atoms with Crippen LogP contribution in [-0.4, -0.2) is 23.5 Å². The summed E-state index contributed by atoms with van der Waals surface area (Å²) in [6.07, 6.45) is 2.42. The molecular weight excluding hydrogens is 394 g/mol. The van der Waals surface area contributed by atoms with Crippen LogP contribution < -0.4 is 4.74 Å². The molecule has 0 heterocycles. The molecule has 1 aliphatic carbocycles. The Kier molecular flexibility index (Phi) is 5.82. The fourth-order valence-corrected chi connectivity index (χ4v) is 3.58. The van der Waals surface area contributed by atoms with Gasteiger partial charge >= 0.3 is 5.97 Å². The molecule has 3 rings (SSSR count). The number of halogens is 3. The maximum atomic E-state index is 13.2. The molecule has 1 unspecified atom stereocenters. The zero-order valence-corrected chi connectivity index (χ0v) is 15.6. The Labute approximate surface area is 165 Å². The third-order valence-electron chi connectivity index (χ3n) is 4.33. The highest BCUT2D eigenvalue weighted by Gasteiger charge is 2.25. The zero-order chi connectivity index (χ0) is 19.6. The Morgan fingerprint density at radius 3 is 2.48 bits per heavy atom. The number of hydrogen-bond donors (Lipinski definition) is 1. The Morgan fingerprint density at radius 1 is 1.11 bits per heavy atom. The number of carboxylic acids is 1. The van der Waals surface area contributed by atoms with Crippen molar-refractivity contribution in [2.75, 3.05) is 6.61 Å². The molecule has 0 saturated heterocycles. The number of benzene rings is 2. The van der Waals surface area contributed by atoms with Crippen LogP contribution in [0.15, 0.2) is 42.5 Å². The molecule has 0 radical (unpaired) electrons. The topological polar surface area (TPSA) is 63.6 Å². The van der Waals surface area contributed by atoms with E-state index in [2.05, 4.69) is 0 Å². The molecule has 0 aromatic heterocycles. The number of ether oxygens (including phenoxy) is 1. The van der Waals surface area contributed by atoms with E-state index in [-0.39, 0.29) is 33.3 Å². The summed E-state index contributed by atoms with van der Waals surface area (Å²) >= 11 is 12.6. The lowest BCUT2D eigenvalue weighted by atomic mass is 9.81. The third kappa shape index (κ3) is 4.49. The number of allylic oxidation sites excluding steroid dienone is 2. The number of ketones is 1. The minimum atomic E-state index is -1.13. The first-order valence-electron chi connectivity index (χ1n) is 8.17. The second kappa shape index (κ2) is 8.11. The average molecular weight is 409 g/mol. The van der Waals surface area contributed by atoms with Crippen LogP contribution in [0.5, 0.6) is 5.75 Å². The summed E-state index contributed by atoms with van der Waals surface area (Å²) in [6, 6.07) is 9.27. The Bertz CT molecular complexity index is 922. The van der Waals surface area contributed by atoms with Gasteiger partial charge in [-0.2, -0.15) is 0 Å².